The number of hydrogen-bond donors (Lipinski definition) is 4. The number of carbonyl (C=O) groups is 1. The van der Waals surface area contributed by atoms with E-state index < -0.39 is 0 Å². The van der Waals surface area contributed by atoms with Crippen LogP contribution in [-0.4, -0.2) is 36.7 Å². The lowest BCUT2D eigenvalue weighted by atomic mass is 10.0. The molecule has 0 saturated heterocycles. The van der Waals surface area contributed by atoms with E-state index in [2.05, 4.69) is 20.9 Å². The molecule has 0 saturated carbocycles. The Morgan fingerprint density at radius 2 is 1.78 bits per heavy atom. The quantitative estimate of drug-likeness (QED) is 0.184. The Hall–Kier alpha value is -2.85. The molecular weight excluding hydrogens is 519 g/mol. The topological polar surface area (TPSA) is 98.9 Å². The molecule has 8 heteroatoms. The maximum absolute atomic E-state index is 12.0. The van der Waals surface area contributed by atoms with Gasteiger partial charge in [-0.3, -0.25) is 4.79 Å². The van der Waals surface area contributed by atoms with Crippen molar-refractivity contribution in [2.75, 3.05) is 25.0 Å². The van der Waals surface area contributed by atoms with Crippen molar-refractivity contribution in [1.29, 1.82) is 0 Å². The highest BCUT2D eigenvalue weighted by Gasteiger charge is 2.11. The van der Waals surface area contributed by atoms with Crippen LogP contribution in [0.5, 0.6) is 0 Å². The molecule has 1 aromatic heterocycles. The van der Waals surface area contributed by atoms with E-state index in [0.29, 0.717) is 24.7 Å². The number of carbonyl (C=O) groups excluding carboxylic acids is 1. The molecule has 2 aromatic carbocycles. The summed E-state index contributed by atoms with van der Waals surface area (Å²) in [5.74, 6) is 0.659. The van der Waals surface area contributed by atoms with E-state index in [1.807, 2.05) is 61.5 Å². The predicted octanol–water partition coefficient (Wildman–Crippen LogP) is 3.98. The van der Waals surface area contributed by atoms with Crippen molar-refractivity contribution in [3.8, 4) is 0 Å². The SMILES string of the molecule is CCNC(=NCc1ccc(NC(=O)c2ccco2)cc1)NCC(CO)c1ccccc1.I. The van der Waals surface area contributed by atoms with Gasteiger partial charge in [-0.05, 0) is 42.3 Å². The third kappa shape index (κ3) is 7.69. The molecule has 0 spiro atoms. The standard InChI is InChI=1S/C24H28N4O3.HI/c1-2-25-24(27-16-20(17-29)19-7-4-3-5-8-19)26-15-18-10-12-21(13-11-18)28-23(30)22-9-6-14-31-22;/h3-14,20,29H,2,15-17H2,1H3,(H,28,30)(H2,25,26,27);1H. The average Bonchev–Trinajstić information content (AvgIpc) is 3.35. The van der Waals surface area contributed by atoms with Crippen molar-refractivity contribution in [3.63, 3.8) is 0 Å². The number of nitrogens with one attached hydrogen (secondary N) is 3. The second-order valence-corrected chi connectivity index (χ2v) is 6.99. The number of anilines is 1. The monoisotopic (exact) mass is 548 g/mol. The Kier molecular flexibility index (Phi) is 10.8. The number of halogens is 1. The lowest BCUT2D eigenvalue weighted by Gasteiger charge is -2.18. The normalized spacial score (nSPS) is 11.9. The molecule has 32 heavy (non-hydrogen) atoms. The number of nitrogens with zero attached hydrogens (tertiary/aromatic N) is 1. The molecule has 3 aromatic rings. The third-order valence-electron chi connectivity index (χ3n) is 4.73. The second-order valence-electron chi connectivity index (χ2n) is 6.99. The van der Waals surface area contributed by atoms with E-state index in [1.165, 1.54) is 6.26 Å². The van der Waals surface area contributed by atoms with E-state index in [1.54, 1.807) is 12.1 Å². The molecular formula is C24H29IN4O3. The number of hydrogen-bond acceptors (Lipinski definition) is 4. The van der Waals surface area contributed by atoms with Gasteiger partial charge in [0.1, 0.15) is 0 Å². The zero-order valence-corrected chi connectivity index (χ0v) is 20.3. The van der Waals surface area contributed by atoms with Crippen LogP contribution in [0.2, 0.25) is 0 Å². The third-order valence-corrected chi connectivity index (χ3v) is 4.73. The fourth-order valence-electron chi connectivity index (χ4n) is 3.04. The summed E-state index contributed by atoms with van der Waals surface area (Å²) in [5.41, 5.74) is 2.78. The largest absolute Gasteiger partial charge is 0.459 e. The molecule has 4 N–H and O–H groups in total. The van der Waals surface area contributed by atoms with E-state index >= 15 is 0 Å². The average molecular weight is 548 g/mol. The molecule has 0 fully saturated rings. The first-order chi connectivity index (χ1) is 15.2. The molecule has 1 heterocycles. The predicted molar refractivity (Wildman–Crippen MR) is 138 cm³/mol. The van der Waals surface area contributed by atoms with Crippen molar-refractivity contribution >= 4 is 41.5 Å². The summed E-state index contributed by atoms with van der Waals surface area (Å²) < 4.78 is 5.10. The summed E-state index contributed by atoms with van der Waals surface area (Å²) >= 11 is 0. The summed E-state index contributed by atoms with van der Waals surface area (Å²) in [4.78, 5) is 16.7. The Labute approximate surface area is 205 Å². The van der Waals surface area contributed by atoms with Crippen LogP contribution >= 0.6 is 24.0 Å². The highest BCUT2D eigenvalue weighted by molar-refractivity contribution is 14.0. The van der Waals surface area contributed by atoms with Gasteiger partial charge in [-0.2, -0.15) is 0 Å². The van der Waals surface area contributed by atoms with Gasteiger partial charge in [-0.15, -0.1) is 24.0 Å². The van der Waals surface area contributed by atoms with E-state index in [-0.39, 0.29) is 48.2 Å². The molecule has 1 amide bonds. The Morgan fingerprint density at radius 1 is 1.03 bits per heavy atom. The zero-order chi connectivity index (χ0) is 21.9. The first-order valence-corrected chi connectivity index (χ1v) is 10.3. The zero-order valence-electron chi connectivity index (χ0n) is 18.0. The maximum atomic E-state index is 12.0. The van der Waals surface area contributed by atoms with Gasteiger partial charge in [0.2, 0.25) is 0 Å². The van der Waals surface area contributed by atoms with Gasteiger partial charge in [0.25, 0.3) is 5.91 Å². The molecule has 0 bridgehead atoms. The van der Waals surface area contributed by atoms with E-state index in [4.69, 9.17) is 4.42 Å². The molecule has 0 radical (unpaired) electrons. The molecule has 7 nitrogen and oxygen atoms in total. The van der Waals surface area contributed by atoms with Crippen molar-refractivity contribution in [2.24, 2.45) is 4.99 Å². The van der Waals surface area contributed by atoms with Gasteiger partial charge >= 0.3 is 0 Å². The molecule has 0 aliphatic rings. The van der Waals surface area contributed by atoms with Crippen LogP contribution in [0.4, 0.5) is 5.69 Å². The van der Waals surface area contributed by atoms with Crippen molar-refractivity contribution in [2.45, 2.75) is 19.4 Å². The van der Waals surface area contributed by atoms with Gasteiger partial charge in [-0.25, -0.2) is 4.99 Å². The van der Waals surface area contributed by atoms with Crippen LogP contribution in [0.3, 0.4) is 0 Å². The fraction of sp³-hybridized carbons (Fsp3) is 0.250. The number of furan rings is 1. The Balaban J connectivity index is 0.00000363. The number of benzene rings is 2. The summed E-state index contributed by atoms with van der Waals surface area (Å²) in [6, 6.07) is 20.7. The Bertz CT molecular complexity index is 961. The molecule has 1 atom stereocenters. The molecule has 3 rings (SSSR count). The minimum Gasteiger partial charge on any atom is -0.459 e. The highest BCUT2D eigenvalue weighted by Crippen LogP contribution is 2.14. The fourth-order valence-corrected chi connectivity index (χ4v) is 3.04. The van der Waals surface area contributed by atoms with Crippen LogP contribution in [0.1, 0.15) is 34.5 Å². The van der Waals surface area contributed by atoms with Gasteiger partial charge in [-0.1, -0.05) is 42.5 Å². The lowest BCUT2D eigenvalue weighted by Crippen LogP contribution is -2.39. The smallest absolute Gasteiger partial charge is 0.291 e. The first kappa shape index (κ1) is 25.4. The van der Waals surface area contributed by atoms with Crippen molar-refractivity contribution in [1.82, 2.24) is 10.6 Å². The number of guanidine groups is 1. The minimum absolute atomic E-state index is 0. The Morgan fingerprint density at radius 3 is 2.41 bits per heavy atom. The van der Waals surface area contributed by atoms with Crippen molar-refractivity contribution in [3.05, 3.63) is 89.9 Å². The lowest BCUT2D eigenvalue weighted by molar-refractivity contribution is 0.0996. The van der Waals surface area contributed by atoms with Crippen LogP contribution in [0.15, 0.2) is 82.4 Å². The summed E-state index contributed by atoms with van der Waals surface area (Å²) in [5, 5.41) is 19.1. The van der Waals surface area contributed by atoms with Gasteiger partial charge in [0, 0.05) is 24.7 Å². The van der Waals surface area contributed by atoms with Gasteiger partial charge in [0.15, 0.2) is 11.7 Å². The number of aliphatic hydroxyl groups is 1. The summed E-state index contributed by atoms with van der Waals surface area (Å²) in [6.45, 7) is 3.86. The highest BCUT2D eigenvalue weighted by atomic mass is 127. The number of aliphatic imine (C=N–C) groups is 1. The molecule has 0 aliphatic carbocycles. The number of rotatable bonds is 9. The molecule has 0 aliphatic heterocycles. The summed E-state index contributed by atoms with van der Waals surface area (Å²) in [6.07, 6.45) is 1.47. The van der Waals surface area contributed by atoms with Crippen molar-refractivity contribution < 1.29 is 14.3 Å². The van der Waals surface area contributed by atoms with E-state index in [9.17, 15) is 9.90 Å². The maximum Gasteiger partial charge on any atom is 0.291 e. The van der Waals surface area contributed by atoms with Crippen LogP contribution < -0.4 is 16.0 Å². The van der Waals surface area contributed by atoms with Crippen LogP contribution in [0, 0.1) is 0 Å². The minimum atomic E-state index is -0.286. The molecule has 170 valence electrons. The number of aliphatic hydroxyl groups excluding tert-OH is 1. The van der Waals surface area contributed by atoms with Crippen LogP contribution in [-0.2, 0) is 6.54 Å². The molecule has 1 unspecified atom stereocenters. The van der Waals surface area contributed by atoms with Gasteiger partial charge < -0.3 is 25.5 Å². The number of amides is 1. The van der Waals surface area contributed by atoms with E-state index in [0.717, 1.165) is 17.7 Å². The second kappa shape index (κ2) is 13.5. The summed E-state index contributed by atoms with van der Waals surface area (Å²) in [7, 11) is 0. The first-order valence-electron chi connectivity index (χ1n) is 10.3. The van der Waals surface area contributed by atoms with Crippen LogP contribution in [0.25, 0.3) is 0 Å². The van der Waals surface area contributed by atoms with Gasteiger partial charge in [0.05, 0.1) is 19.4 Å².